The fourth-order valence-electron chi connectivity index (χ4n) is 5.18. The van der Waals surface area contributed by atoms with E-state index in [4.69, 9.17) is 0 Å². The molecular formula is C36H26CaN4O12S2. The fourth-order valence-corrected chi connectivity index (χ4v) is 6.57. The first-order valence-electron chi connectivity index (χ1n) is 15.3. The van der Waals surface area contributed by atoms with Crippen LogP contribution in [0, 0.1) is 13.8 Å². The average molecular weight is 811 g/mol. The van der Waals surface area contributed by atoms with Gasteiger partial charge < -0.3 is 29.5 Å². The van der Waals surface area contributed by atoms with Crippen molar-refractivity contribution in [3.8, 4) is 11.5 Å². The molecule has 0 spiro atoms. The van der Waals surface area contributed by atoms with Gasteiger partial charge in [0.1, 0.15) is 54.1 Å². The Morgan fingerprint density at radius 3 is 1.22 bits per heavy atom. The molecule has 0 saturated heterocycles. The van der Waals surface area contributed by atoms with Crippen LogP contribution in [0.25, 0.3) is 21.5 Å². The van der Waals surface area contributed by atoms with E-state index in [0.717, 1.165) is 0 Å². The summed E-state index contributed by atoms with van der Waals surface area (Å²) in [5, 5.41) is 56.3. The molecule has 55 heavy (non-hydrogen) atoms. The summed E-state index contributed by atoms with van der Waals surface area (Å²) in [5.41, 5.74) is -0.346. The Morgan fingerprint density at radius 1 is 0.545 bits per heavy atom. The molecule has 0 saturated carbocycles. The van der Waals surface area contributed by atoms with E-state index in [1.54, 1.807) is 74.5 Å². The second-order valence-electron chi connectivity index (χ2n) is 11.5. The molecule has 0 bridgehead atoms. The molecule has 16 nitrogen and oxygen atoms in total. The number of carboxylic acids is 2. The van der Waals surface area contributed by atoms with Crippen molar-refractivity contribution in [2.24, 2.45) is 20.5 Å². The second-order valence-corrected chi connectivity index (χ2v) is 14.2. The van der Waals surface area contributed by atoms with Crippen LogP contribution in [-0.2, 0) is 20.2 Å². The molecule has 0 atom stereocenters. The summed E-state index contributed by atoms with van der Waals surface area (Å²) < 4.78 is 68.7. The molecule has 0 heterocycles. The van der Waals surface area contributed by atoms with E-state index in [1.807, 2.05) is 0 Å². The van der Waals surface area contributed by atoms with E-state index in [1.165, 1.54) is 36.4 Å². The van der Waals surface area contributed by atoms with Crippen molar-refractivity contribution in [3.05, 3.63) is 119 Å². The largest absolute Gasteiger partial charge is 2.00 e. The van der Waals surface area contributed by atoms with Gasteiger partial charge in [-0.1, -0.05) is 60.7 Å². The molecule has 4 N–H and O–H groups in total. The molecule has 0 aliphatic rings. The summed E-state index contributed by atoms with van der Waals surface area (Å²) in [6.07, 6.45) is 0. The number of carboxylic acid groups (broad SMARTS) is 2. The summed E-state index contributed by atoms with van der Waals surface area (Å²) >= 11 is 0. The van der Waals surface area contributed by atoms with Gasteiger partial charge in [-0.05, 0) is 72.1 Å². The van der Waals surface area contributed by atoms with Crippen molar-refractivity contribution in [1.82, 2.24) is 0 Å². The van der Waals surface area contributed by atoms with E-state index in [-0.39, 0.29) is 71.6 Å². The SMILES string of the molecule is Cc1ccc(/N=N/c2c(O)c(C(=O)O)cc3ccccc23)c(S(=O)(=O)[O-])c1.Cc1ccc(/N=N/c2c(O)c(C(=O)O)cc3ccccc23)c(S(=O)(=O)[O-])c1.[Ca+2]. The van der Waals surface area contributed by atoms with Crippen molar-refractivity contribution >= 4 is 114 Å². The van der Waals surface area contributed by atoms with E-state index in [2.05, 4.69) is 20.5 Å². The molecule has 6 aromatic rings. The van der Waals surface area contributed by atoms with Gasteiger partial charge in [-0.25, -0.2) is 26.4 Å². The maximum absolute atomic E-state index is 11.5. The van der Waals surface area contributed by atoms with Crippen LogP contribution in [0.4, 0.5) is 22.7 Å². The Kier molecular flexibility index (Phi) is 13.1. The Hall–Kier alpha value is -5.34. The van der Waals surface area contributed by atoms with Gasteiger partial charge >= 0.3 is 49.7 Å². The van der Waals surface area contributed by atoms with E-state index >= 15 is 0 Å². The molecule has 0 aliphatic carbocycles. The zero-order chi connectivity index (χ0) is 39.5. The number of aromatic hydroxyl groups is 2. The number of fused-ring (bicyclic) bond motifs is 2. The van der Waals surface area contributed by atoms with E-state index in [9.17, 15) is 56.0 Å². The molecule has 6 aromatic carbocycles. The Balaban J connectivity index is 0.000000240. The summed E-state index contributed by atoms with van der Waals surface area (Å²) in [6.45, 7) is 3.23. The van der Waals surface area contributed by atoms with Crippen LogP contribution in [-0.4, -0.2) is 96.0 Å². The van der Waals surface area contributed by atoms with Crippen molar-refractivity contribution in [2.45, 2.75) is 23.6 Å². The minimum atomic E-state index is -4.79. The summed E-state index contributed by atoms with van der Waals surface area (Å²) in [7, 11) is -9.59. The van der Waals surface area contributed by atoms with Crippen LogP contribution in [0.2, 0.25) is 0 Å². The van der Waals surface area contributed by atoms with Gasteiger partial charge in [0.2, 0.25) is 0 Å². The van der Waals surface area contributed by atoms with Crippen LogP contribution in [0.3, 0.4) is 0 Å². The predicted octanol–water partition coefficient (Wildman–Crippen LogP) is 7.36. The molecule has 0 amide bonds. The van der Waals surface area contributed by atoms with Gasteiger partial charge in [0.15, 0.2) is 11.5 Å². The average Bonchev–Trinajstić information content (AvgIpc) is 3.10. The molecule has 19 heteroatoms. The molecule has 6 rings (SSSR count). The van der Waals surface area contributed by atoms with Crippen molar-refractivity contribution < 1.29 is 56.0 Å². The zero-order valence-corrected chi connectivity index (χ0v) is 32.4. The molecule has 0 aliphatic heterocycles. The predicted molar refractivity (Wildman–Crippen MR) is 198 cm³/mol. The number of aryl methyl sites for hydroxylation is 2. The normalized spacial score (nSPS) is 11.7. The number of rotatable bonds is 8. The van der Waals surface area contributed by atoms with Crippen LogP contribution in [0.5, 0.6) is 11.5 Å². The number of hydrogen-bond donors (Lipinski definition) is 4. The topological polar surface area (TPSA) is 279 Å². The minimum absolute atomic E-state index is 0. The van der Waals surface area contributed by atoms with Crippen LogP contribution >= 0.6 is 0 Å². The van der Waals surface area contributed by atoms with Crippen molar-refractivity contribution in [3.63, 3.8) is 0 Å². The number of phenols is 2. The summed E-state index contributed by atoms with van der Waals surface area (Å²) in [5.74, 6) is -3.92. The van der Waals surface area contributed by atoms with Crippen molar-refractivity contribution in [2.75, 3.05) is 0 Å². The molecule has 0 aromatic heterocycles. The summed E-state index contributed by atoms with van der Waals surface area (Å²) in [6, 6.07) is 23.9. The Bertz CT molecular complexity index is 2600. The van der Waals surface area contributed by atoms with Crippen LogP contribution in [0.15, 0.2) is 127 Å². The number of benzene rings is 6. The third kappa shape index (κ3) is 9.67. The Morgan fingerprint density at radius 2 is 0.891 bits per heavy atom. The Labute approximate surface area is 342 Å². The minimum Gasteiger partial charge on any atom is -0.744 e. The van der Waals surface area contributed by atoms with Crippen molar-refractivity contribution in [1.29, 1.82) is 0 Å². The van der Waals surface area contributed by atoms with E-state index < -0.39 is 53.5 Å². The first-order valence-corrected chi connectivity index (χ1v) is 18.1. The third-order valence-corrected chi connectivity index (χ3v) is 9.47. The molecule has 0 radical (unpaired) electrons. The maximum atomic E-state index is 11.5. The fraction of sp³-hybridized carbons (Fsp3) is 0.0556. The standard InChI is InChI=1S/2C18H14N2O6S.Ca/c2*1-10-6-7-14(15(8-10)27(24,25)26)19-20-16-12-5-3-2-4-11(12)9-13(17(16)21)18(22)23;/h2*2-9,21H,1H3,(H,22,23)(H,24,25,26);/q;;+2/p-2/b2*20-19+;. The van der Waals surface area contributed by atoms with Gasteiger partial charge in [0, 0.05) is 10.8 Å². The molecule has 0 fully saturated rings. The van der Waals surface area contributed by atoms with Gasteiger partial charge in [-0.2, -0.15) is 0 Å². The number of nitrogens with zero attached hydrogens (tertiary/aromatic N) is 4. The number of carbonyl (C=O) groups is 2. The first-order chi connectivity index (χ1) is 25.4. The quantitative estimate of drug-likeness (QED) is 0.0666. The van der Waals surface area contributed by atoms with Gasteiger partial charge in [0.25, 0.3) is 0 Å². The van der Waals surface area contributed by atoms with Crippen LogP contribution < -0.4 is 0 Å². The zero-order valence-electron chi connectivity index (χ0n) is 28.6. The second kappa shape index (κ2) is 17.0. The molecule has 0 unspecified atom stereocenters. The van der Waals surface area contributed by atoms with Gasteiger partial charge in [-0.15, -0.1) is 20.5 Å². The monoisotopic (exact) mass is 810 g/mol. The van der Waals surface area contributed by atoms with E-state index in [0.29, 0.717) is 32.7 Å². The number of aromatic carboxylic acids is 2. The molecular weight excluding hydrogens is 785 g/mol. The van der Waals surface area contributed by atoms with Gasteiger partial charge in [0.05, 0.1) is 9.79 Å². The summed E-state index contributed by atoms with van der Waals surface area (Å²) in [4.78, 5) is 21.6. The number of azo groups is 2. The van der Waals surface area contributed by atoms with Crippen LogP contribution in [0.1, 0.15) is 31.8 Å². The molecule has 276 valence electrons. The number of hydrogen-bond acceptors (Lipinski definition) is 14. The maximum Gasteiger partial charge on any atom is 2.00 e. The smallest absolute Gasteiger partial charge is 0.744 e. The first kappa shape index (κ1) is 42.4. The third-order valence-electron chi connectivity index (χ3n) is 7.74. The van der Waals surface area contributed by atoms with Gasteiger partial charge in [-0.3, -0.25) is 0 Å².